The first-order valence-electron chi connectivity index (χ1n) is 14.9. The van der Waals surface area contributed by atoms with Gasteiger partial charge < -0.3 is 47.2 Å². The molecular formula is C28H53NaO13S. The van der Waals surface area contributed by atoms with Crippen molar-refractivity contribution in [2.75, 3.05) is 99.1 Å². The summed E-state index contributed by atoms with van der Waals surface area (Å²) in [6, 6.07) is 0. The Kier molecular flexibility index (Phi) is 29.8. The van der Waals surface area contributed by atoms with Crippen LogP contribution in [0.3, 0.4) is 0 Å². The summed E-state index contributed by atoms with van der Waals surface area (Å²) >= 11 is 0. The van der Waals surface area contributed by atoms with E-state index in [0.717, 1.165) is 18.4 Å². The smallest absolute Gasteiger partial charge is 0.726 e. The van der Waals surface area contributed by atoms with Crippen LogP contribution in [-0.4, -0.2) is 131 Å². The molecule has 15 heteroatoms. The van der Waals surface area contributed by atoms with E-state index in [1.165, 1.54) is 25.7 Å². The van der Waals surface area contributed by atoms with E-state index in [9.17, 15) is 13.0 Å². The fraction of sp³-hybridized carbons (Fsp3) is 0.929. The normalized spacial score (nSPS) is 17.7. The predicted molar refractivity (Wildman–Crippen MR) is 153 cm³/mol. The summed E-state index contributed by atoms with van der Waals surface area (Å²) in [4.78, 5) is 0. The van der Waals surface area contributed by atoms with Gasteiger partial charge in [-0.25, -0.2) is 8.42 Å². The van der Waals surface area contributed by atoms with Crippen molar-refractivity contribution in [2.24, 2.45) is 0 Å². The Morgan fingerprint density at radius 3 is 1.98 bits per heavy atom. The summed E-state index contributed by atoms with van der Waals surface area (Å²) in [7, 11) is -4.68. The second-order valence-corrected chi connectivity index (χ2v) is 11.0. The average molecular weight is 653 g/mol. The molecule has 0 aromatic rings. The van der Waals surface area contributed by atoms with Gasteiger partial charge in [0, 0.05) is 0 Å². The van der Waals surface area contributed by atoms with E-state index in [-0.39, 0.29) is 67.9 Å². The first kappa shape index (κ1) is 43.2. The molecule has 1 heterocycles. The molecule has 1 saturated heterocycles. The molecule has 1 fully saturated rings. The first-order valence-corrected chi connectivity index (χ1v) is 16.2. The van der Waals surface area contributed by atoms with E-state index in [2.05, 4.69) is 17.7 Å². The summed E-state index contributed by atoms with van der Waals surface area (Å²) in [5.74, 6) is 0. The van der Waals surface area contributed by atoms with Crippen molar-refractivity contribution in [1.29, 1.82) is 0 Å². The van der Waals surface area contributed by atoms with Crippen molar-refractivity contribution < 1.29 is 89.3 Å². The van der Waals surface area contributed by atoms with E-state index in [4.69, 9.17) is 42.6 Å². The summed E-state index contributed by atoms with van der Waals surface area (Å²) in [6.45, 7) is 12.8. The number of ether oxygens (including phenoxy) is 9. The van der Waals surface area contributed by atoms with Crippen molar-refractivity contribution in [3.8, 4) is 0 Å². The molecule has 0 radical (unpaired) electrons. The number of hydrogen-bond acceptors (Lipinski definition) is 13. The molecule has 250 valence electrons. The Morgan fingerprint density at radius 2 is 1.40 bits per heavy atom. The molecule has 13 nitrogen and oxygen atoms in total. The minimum Gasteiger partial charge on any atom is -0.726 e. The zero-order valence-electron chi connectivity index (χ0n) is 26.5. The molecule has 1 aliphatic rings. The molecule has 0 amide bonds. The molecule has 0 saturated carbocycles. The van der Waals surface area contributed by atoms with Crippen LogP contribution in [0, 0.1) is 0 Å². The Bertz CT molecular complexity index is 744. The zero-order chi connectivity index (χ0) is 30.7. The quantitative estimate of drug-likeness (QED) is 0.0316. The standard InChI is InChI=1S/C28H54O13S.Na/c1-4-5-6-7-8-9-28-39-24-27(41-28)23-37-22-26(21-36-20-25(2)3)38-18-16-34-14-12-32-10-11-33-13-15-35-17-19-40-42(29,30)31;/h26-28H,2,4-24H2,1,3H3,(H,29,30,31);/q;+1/p-1. The second-order valence-electron chi connectivity index (χ2n) is 9.91. The van der Waals surface area contributed by atoms with E-state index in [1.54, 1.807) is 0 Å². The van der Waals surface area contributed by atoms with Crippen LogP contribution in [-0.2, 0) is 57.2 Å². The maximum Gasteiger partial charge on any atom is 1.00 e. The third kappa shape index (κ3) is 29.4. The van der Waals surface area contributed by atoms with Crippen LogP contribution in [0.5, 0.6) is 0 Å². The second kappa shape index (κ2) is 29.6. The average Bonchev–Trinajstić information content (AvgIpc) is 3.39. The third-order valence-electron chi connectivity index (χ3n) is 5.77. The van der Waals surface area contributed by atoms with Gasteiger partial charge in [-0.05, 0) is 19.8 Å². The molecular weight excluding hydrogens is 599 g/mol. The molecule has 0 aromatic carbocycles. The Hall–Kier alpha value is 0.250. The molecule has 1 rings (SSSR count). The van der Waals surface area contributed by atoms with Gasteiger partial charge in [0.05, 0.1) is 99.1 Å². The molecule has 0 aliphatic carbocycles. The van der Waals surface area contributed by atoms with Crippen molar-refractivity contribution in [3.05, 3.63) is 12.2 Å². The van der Waals surface area contributed by atoms with Gasteiger partial charge in [0.1, 0.15) is 12.2 Å². The van der Waals surface area contributed by atoms with Gasteiger partial charge >= 0.3 is 29.6 Å². The maximum atomic E-state index is 10.3. The van der Waals surface area contributed by atoms with Gasteiger partial charge in [0.25, 0.3) is 0 Å². The van der Waals surface area contributed by atoms with E-state index in [0.29, 0.717) is 79.3 Å². The van der Waals surface area contributed by atoms with Crippen molar-refractivity contribution >= 4 is 10.4 Å². The van der Waals surface area contributed by atoms with Crippen molar-refractivity contribution in [3.63, 3.8) is 0 Å². The number of unbranched alkanes of at least 4 members (excludes halogenated alkanes) is 4. The van der Waals surface area contributed by atoms with Gasteiger partial charge in [0.15, 0.2) is 6.29 Å². The van der Waals surface area contributed by atoms with Gasteiger partial charge in [0.2, 0.25) is 10.4 Å². The minimum atomic E-state index is -4.68. The molecule has 1 aliphatic heterocycles. The Labute approximate surface area is 280 Å². The van der Waals surface area contributed by atoms with Crippen LogP contribution in [0.25, 0.3) is 0 Å². The molecule has 3 unspecified atom stereocenters. The largest absolute Gasteiger partial charge is 1.00 e. The summed E-state index contributed by atoms with van der Waals surface area (Å²) < 4.78 is 85.4. The van der Waals surface area contributed by atoms with Gasteiger partial charge in [-0.15, -0.1) is 0 Å². The topological polar surface area (TPSA) is 150 Å². The van der Waals surface area contributed by atoms with E-state index < -0.39 is 10.4 Å². The predicted octanol–water partition coefficient (Wildman–Crippen LogP) is -0.370. The monoisotopic (exact) mass is 652 g/mol. The molecule has 43 heavy (non-hydrogen) atoms. The zero-order valence-corrected chi connectivity index (χ0v) is 29.3. The van der Waals surface area contributed by atoms with Crippen LogP contribution < -0.4 is 29.6 Å². The summed E-state index contributed by atoms with van der Waals surface area (Å²) in [5.41, 5.74) is 0.941. The number of rotatable bonds is 31. The van der Waals surface area contributed by atoms with E-state index in [1.807, 2.05) is 6.92 Å². The Balaban J connectivity index is 0.0000176. The van der Waals surface area contributed by atoms with Crippen molar-refractivity contribution in [2.45, 2.75) is 70.9 Å². The van der Waals surface area contributed by atoms with Gasteiger partial charge in [-0.1, -0.05) is 44.8 Å². The van der Waals surface area contributed by atoms with Crippen LogP contribution in [0.1, 0.15) is 52.4 Å². The van der Waals surface area contributed by atoms with E-state index >= 15 is 0 Å². The number of hydrogen-bond donors (Lipinski definition) is 0. The fourth-order valence-corrected chi connectivity index (χ4v) is 4.00. The molecule has 0 aromatic heterocycles. The summed E-state index contributed by atoms with van der Waals surface area (Å²) in [5, 5.41) is 0. The van der Waals surface area contributed by atoms with Gasteiger partial charge in [-0.2, -0.15) is 0 Å². The minimum absolute atomic E-state index is 0. The third-order valence-corrected chi connectivity index (χ3v) is 6.22. The maximum absolute atomic E-state index is 10.3. The molecule has 0 N–H and O–H groups in total. The first-order chi connectivity index (χ1) is 20.3. The Morgan fingerprint density at radius 1 is 0.837 bits per heavy atom. The SMILES string of the molecule is C=C(C)COCC(COCC1COC(CCCCCCC)O1)OCCOCCOCCOCCOCCOS(=O)(=O)[O-].[Na+]. The van der Waals surface area contributed by atoms with Crippen LogP contribution >= 0.6 is 0 Å². The molecule has 0 spiro atoms. The summed E-state index contributed by atoms with van der Waals surface area (Å²) in [6.07, 6.45) is 6.61. The van der Waals surface area contributed by atoms with Crippen LogP contribution in [0.4, 0.5) is 0 Å². The fourth-order valence-electron chi connectivity index (χ4n) is 3.73. The van der Waals surface area contributed by atoms with Crippen molar-refractivity contribution in [1.82, 2.24) is 0 Å². The van der Waals surface area contributed by atoms with Gasteiger partial charge in [-0.3, -0.25) is 4.18 Å². The van der Waals surface area contributed by atoms with Crippen LogP contribution in [0.2, 0.25) is 0 Å². The molecule has 0 bridgehead atoms. The van der Waals surface area contributed by atoms with Crippen LogP contribution in [0.15, 0.2) is 12.2 Å². The molecule has 3 atom stereocenters.